The molecule has 9 heteroatoms. The molecule has 176 valence electrons. The quantitative estimate of drug-likeness (QED) is 0.420. The van der Waals surface area contributed by atoms with Crippen LogP contribution in [0.5, 0.6) is 0 Å². The van der Waals surface area contributed by atoms with Gasteiger partial charge < -0.3 is 10.4 Å². The van der Waals surface area contributed by atoms with Crippen molar-refractivity contribution < 1.29 is 32.3 Å². The number of benzene rings is 2. The molecule has 2 aromatic carbocycles. The lowest BCUT2D eigenvalue weighted by Crippen LogP contribution is -2.28. The van der Waals surface area contributed by atoms with Crippen LogP contribution in [0.3, 0.4) is 0 Å². The average Bonchev–Trinajstić information content (AvgIpc) is 3.63. The van der Waals surface area contributed by atoms with E-state index in [9.17, 15) is 32.3 Å². The van der Waals surface area contributed by atoms with Crippen LogP contribution < -0.4 is 5.32 Å². The highest BCUT2D eigenvalue weighted by atomic mass is 19.3. The fourth-order valence-corrected chi connectivity index (χ4v) is 3.82. The summed E-state index contributed by atoms with van der Waals surface area (Å²) in [6.07, 6.45) is 1.64. The number of aromatic carboxylic acids is 1. The minimum atomic E-state index is -3.09. The van der Waals surface area contributed by atoms with Crippen LogP contribution in [0.2, 0.25) is 0 Å². The zero-order valence-corrected chi connectivity index (χ0v) is 18.0. The summed E-state index contributed by atoms with van der Waals surface area (Å²) in [6.45, 7) is 1.34. The third-order valence-electron chi connectivity index (χ3n) is 6.06. The second kappa shape index (κ2) is 8.55. The molecule has 1 saturated carbocycles. The largest absolute Gasteiger partial charge is 0.478 e. The molecule has 0 aliphatic heterocycles. The highest BCUT2D eigenvalue weighted by molar-refractivity contribution is 6.03. The Balaban J connectivity index is 1.60. The molecule has 5 nitrogen and oxygen atoms in total. The van der Waals surface area contributed by atoms with Crippen molar-refractivity contribution in [3.63, 3.8) is 0 Å². The number of nitrogens with zero attached hydrogens (tertiary/aromatic N) is 1. The van der Waals surface area contributed by atoms with Crippen molar-refractivity contribution in [1.82, 2.24) is 4.98 Å². The van der Waals surface area contributed by atoms with E-state index >= 15 is 0 Å². The van der Waals surface area contributed by atoms with E-state index in [-0.39, 0.29) is 16.8 Å². The van der Waals surface area contributed by atoms with E-state index in [0.717, 1.165) is 18.2 Å². The van der Waals surface area contributed by atoms with Crippen molar-refractivity contribution in [2.45, 2.75) is 37.5 Å². The topological polar surface area (TPSA) is 79.3 Å². The van der Waals surface area contributed by atoms with Gasteiger partial charge in [-0.2, -0.15) is 8.78 Å². The maximum absolute atomic E-state index is 13.8. The van der Waals surface area contributed by atoms with Crippen LogP contribution in [0.25, 0.3) is 11.1 Å². The smallest absolute Gasteiger partial charge is 0.336 e. The highest BCUT2D eigenvalue weighted by Gasteiger charge is 2.51. The van der Waals surface area contributed by atoms with Crippen molar-refractivity contribution in [3.8, 4) is 11.1 Å². The van der Waals surface area contributed by atoms with E-state index in [4.69, 9.17) is 0 Å². The molecule has 1 aromatic heterocycles. The minimum Gasteiger partial charge on any atom is -0.478 e. The molecular formula is C25H20F4N2O3. The van der Waals surface area contributed by atoms with Crippen molar-refractivity contribution in [1.29, 1.82) is 0 Å². The van der Waals surface area contributed by atoms with Gasteiger partial charge in [0.1, 0.15) is 5.69 Å². The summed E-state index contributed by atoms with van der Waals surface area (Å²) in [5.74, 6) is -6.90. The van der Waals surface area contributed by atoms with E-state index in [1.54, 1.807) is 0 Å². The number of rotatable bonds is 7. The van der Waals surface area contributed by atoms with Gasteiger partial charge in [0.2, 0.25) is 5.91 Å². The van der Waals surface area contributed by atoms with Gasteiger partial charge in [-0.1, -0.05) is 25.1 Å². The average molecular weight is 472 g/mol. The maximum Gasteiger partial charge on any atom is 0.336 e. The number of carbonyl (C=O) groups excluding carboxylic acids is 1. The number of pyridine rings is 1. The SMILES string of the molecule is CCC(F)(F)c1ccc(-c2ccc(NC(=O)C3(c4ccc(F)c(F)c4)CC3)cc2C(=O)O)cn1. The van der Waals surface area contributed by atoms with E-state index < -0.39 is 47.0 Å². The number of hydrogen-bond acceptors (Lipinski definition) is 3. The number of carboxylic acids is 1. The summed E-state index contributed by atoms with van der Waals surface area (Å²) < 4.78 is 54.6. The lowest BCUT2D eigenvalue weighted by Gasteiger charge is -2.17. The van der Waals surface area contributed by atoms with Gasteiger partial charge in [0.15, 0.2) is 11.6 Å². The van der Waals surface area contributed by atoms with E-state index in [1.807, 2.05) is 0 Å². The predicted octanol–water partition coefficient (Wildman–Crippen LogP) is 5.90. The van der Waals surface area contributed by atoms with Crippen LogP contribution in [0, 0.1) is 11.6 Å². The molecule has 34 heavy (non-hydrogen) atoms. The van der Waals surface area contributed by atoms with Gasteiger partial charge in [0.25, 0.3) is 5.92 Å². The molecule has 2 N–H and O–H groups in total. The molecule has 4 rings (SSSR count). The van der Waals surface area contributed by atoms with Crippen molar-refractivity contribution in [2.24, 2.45) is 0 Å². The van der Waals surface area contributed by atoms with E-state index in [1.165, 1.54) is 43.5 Å². The Hall–Kier alpha value is -3.75. The number of anilines is 1. The number of aromatic nitrogens is 1. The third kappa shape index (κ3) is 4.25. The zero-order valence-electron chi connectivity index (χ0n) is 18.0. The molecular weight excluding hydrogens is 452 g/mol. The maximum atomic E-state index is 13.8. The van der Waals surface area contributed by atoms with Crippen molar-refractivity contribution >= 4 is 17.6 Å². The van der Waals surface area contributed by atoms with Crippen LogP contribution in [0.4, 0.5) is 23.2 Å². The normalized spacial score (nSPS) is 14.5. The Morgan fingerprint density at radius 1 is 1.06 bits per heavy atom. The summed E-state index contributed by atoms with van der Waals surface area (Å²) in [4.78, 5) is 28.6. The number of carboxylic acid groups (broad SMARTS) is 1. The number of carbonyl (C=O) groups is 2. The lowest BCUT2D eigenvalue weighted by atomic mass is 9.94. The molecule has 0 spiro atoms. The minimum absolute atomic E-state index is 0.160. The van der Waals surface area contributed by atoms with Gasteiger partial charge in [0, 0.05) is 23.9 Å². The molecule has 0 radical (unpaired) electrons. The van der Waals surface area contributed by atoms with Gasteiger partial charge in [0.05, 0.1) is 11.0 Å². The Morgan fingerprint density at radius 3 is 2.35 bits per heavy atom. The number of nitrogens with one attached hydrogen (secondary N) is 1. The van der Waals surface area contributed by atoms with Gasteiger partial charge in [-0.3, -0.25) is 9.78 Å². The molecule has 1 aliphatic carbocycles. The molecule has 0 bridgehead atoms. The van der Waals surface area contributed by atoms with Crippen LogP contribution >= 0.6 is 0 Å². The van der Waals surface area contributed by atoms with Crippen molar-refractivity contribution in [2.75, 3.05) is 5.32 Å². The molecule has 1 aliphatic rings. The molecule has 1 heterocycles. The summed E-state index contributed by atoms with van der Waals surface area (Å²) in [6, 6.07) is 10.0. The Morgan fingerprint density at radius 2 is 1.79 bits per heavy atom. The highest BCUT2D eigenvalue weighted by Crippen LogP contribution is 2.49. The van der Waals surface area contributed by atoms with Crippen LogP contribution in [-0.2, 0) is 16.1 Å². The van der Waals surface area contributed by atoms with Gasteiger partial charge in [-0.15, -0.1) is 0 Å². The van der Waals surface area contributed by atoms with Crippen molar-refractivity contribution in [3.05, 3.63) is 83.2 Å². The summed E-state index contributed by atoms with van der Waals surface area (Å²) in [5, 5.41) is 12.3. The lowest BCUT2D eigenvalue weighted by molar-refractivity contribution is -0.118. The number of alkyl halides is 2. The number of amides is 1. The Kier molecular flexibility index (Phi) is 5.89. The first kappa shape index (κ1) is 23.4. The van der Waals surface area contributed by atoms with E-state index in [0.29, 0.717) is 24.0 Å². The molecule has 0 unspecified atom stereocenters. The van der Waals surface area contributed by atoms with Gasteiger partial charge in [-0.25, -0.2) is 13.6 Å². The van der Waals surface area contributed by atoms with Gasteiger partial charge in [-0.05, 0) is 54.3 Å². The Labute approximate surface area is 192 Å². The predicted molar refractivity (Wildman–Crippen MR) is 117 cm³/mol. The zero-order chi connectivity index (χ0) is 24.7. The van der Waals surface area contributed by atoms with Crippen LogP contribution in [0.15, 0.2) is 54.7 Å². The molecule has 0 saturated heterocycles. The second-order valence-corrected chi connectivity index (χ2v) is 8.22. The first-order valence-corrected chi connectivity index (χ1v) is 10.6. The molecule has 0 atom stereocenters. The first-order valence-electron chi connectivity index (χ1n) is 10.6. The second-order valence-electron chi connectivity index (χ2n) is 8.22. The number of hydrogen-bond donors (Lipinski definition) is 2. The van der Waals surface area contributed by atoms with Crippen LogP contribution in [0.1, 0.15) is 47.8 Å². The van der Waals surface area contributed by atoms with Gasteiger partial charge >= 0.3 is 5.97 Å². The third-order valence-corrected chi connectivity index (χ3v) is 6.06. The van der Waals surface area contributed by atoms with E-state index in [2.05, 4.69) is 10.3 Å². The summed E-state index contributed by atoms with van der Waals surface area (Å²) >= 11 is 0. The molecule has 1 amide bonds. The fraction of sp³-hybridized carbons (Fsp3) is 0.240. The van der Waals surface area contributed by atoms with Crippen LogP contribution in [-0.4, -0.2) is 22.0 Å². The number of halogens is 4. The fourth-order valence-electron chi connectivity index (χ4n) is 3.82. The first-order chi connectivity index (χ1) is 16.1. The Bertz CT molecular complexity index is 1270. The standard InChI is InChI=1S/C25H20F4N2O3/c1-2-25(28,29)21-8-3-14(13-30-21)17-6-5-16(12-18(17)22(32)33)31-23(34)24(9-10-24)15-4-7-19(26)20(27)11-15/h3-8,11-13H,2,9-10H2,1H3,(H,31,34)(H,32,33). The molecule has 1 fully saturated rings. The monoisotopic (exact) mass is 472 g/mol. The molecule has 3 aromatic rings. The summed E-state index contributed by atoms with van der Waals surface area (Å²) in [5.41, 5.74) is -0.478. The summed E-state index contributed by atoms with van der Waals surface area (Å²) in [7, 11) is 0.